The quantitative estimate of drug-likeness (QED) is 0.890. The summed E-state index contributed by atoms with van der Waals surface area (Å²) in [7, 11) is 1.95. The summed E-state index contributed by atoms with van der Waals surface area (Å²) in [6, 6.07) is 1.67. The number of aryl methyl sites for hydroxylation is 3. The van der Waals surface area contributed by atoms with Crippen LogP contribution in [0.4, 0.5) is 0 Å². The Hall–Kier alpha value is -2.11. The number of carbonyl (C=O) groups is 1. The van der Waals surface area contributed by atoms with Gasteiger partial charge in [-0.25, -0.2) is 4.98 Å². The maximum Gasteiger partial charge on any atom is 0.244 e. The second kappa shape index (κ2) is 5.90. The zero-order valence-electron chi connectivity index (χ0n) is 12.4. The molecule has 6 nitrogen and oxygen atoms in total. The Bertz CT molecular complexity index is 598. The maximum absolute atomic E-state index is 12.1. The van der Waals surface area contributed by atoms with Crippen molar-refractivity contribution in [2.45, 2.75) is 33.2 Å². The summed E-state index contributed by atoms with van der Waals surface area (Å²) >= 11 is 0. The fourth-order valence-electron chi connectivity index (χ4n) is 2.23. The van der Waals surface area contributed by atoms with Crippen molar-refractivity contribution < 1.29 is 4.79 Å². The highest BCUT2D eigenvalue weighted by Crippen LogP contribution is 2.10. The van der Waals surface area contributed by atoms with Crippen molar-refractivity contribution in [3.63, 3.8) is 0 Å². The molecule has 0 aliphatic heterocycles. The third-order valence-corrected chi connectivity index (χ3v) is 3.36. The summed E-state index contributed by atoms with van der Waals surface area (Å²) in [5.41, 5.74) is 1.92. The van der Waals surface area contributed by atoms with E-state index in [4.69, 9.17) is 0 Å². The van der Waals surface area contributed by atoms with Crippen molar-refractivity contribution >= 4 is 5.91 Å². The highest BCUT2D eigenvalue weighted by atomic mass is 16.2. The van der Waals surface area contributed by atoms with E-state index < -0.39 is 0 Å². The lowest BCUT2D eigenvalue weighted by Gasteiger charge is -2.14. The first-order valence-corrected chi connectivity index (χ1v) is 6.75. The van der Waals surface area contributed by atoms with E-state index in [-0.39, 0.29) is 11.9 Å². The van der Waals surface area contributed by atoms with Crippen molar-refractivity contribution in [3.05, 3.63) is 35.7 Å². The Morgan fingerprint density at radius 2 is 2.20 bits per heavy atom. The molecule has 0 aliphatic carbocycles. The van der Waals surface area contributed by atoms with Crippen molar-refractivity contribution in [3.8, 4) is 0 Å². The molecular weight excluding hydrogens is 254 g/mol. The average molecular weight is 275 g/mol. The molecule has 0 spiro atoms. The lowest BCUT2D eigenvalue weighted by Crippen LogP contribution is -2.33. The number of hydrogen-bond acceptors (Lipinski definition) is 3. The van der Waals surface area contributed by atoms with E-state index in [1.165, 1.54) is 0 Å². The van der Waals surface area contributed by atoms with Gasteiger partial charge in [0.15, 0.2) is 0 Å². The molecule has 0 saturated carbocycles. The maximum atomic E-state index is 12.1. The van der Waals surface area contributed by atoms with Crippen LogP contribution in [0.5, 0.6) is 0 Å². The molecule has 0 fully saturated rings. The molecule has 0 radical (unpaired) electrons. The SMILES string of the molecule is Cc1cc(C)n([C@@H](C)C(=O)NCCc2nccn2C)n1. The number of amides is 1. The van der Waals surface area contributed by atoms with Gasteiger partial charge in [-0.1, -0.05) is 0 Å². The molecule has 0 bridgehead atoms. The molecule has 0 unspecified atom stereocenters. The fraction of sp³-hybridized carbons (Fsp3) is 0.500. The normalized spacial score (nSPS) is 12.4. The predicted octanol–water partition coefficient (Wildman–Crippen LogP) is 1.15. The summed E-state index contributed by atoms with van der Waals surface area (Å²) in [5, 5.41) is 7.27. The minimum atomic E-state index is -0.301. The van der Waals surface area contributed by atoms with Crippen LogP contribution in [-0.2, 0) is 18.3 Å². The highest BCUT2D eigenvalue weighted by Gasteiger charge is 2.17. The topological polar surface area (TPSA) is 64.7 Å². The first-order chi connectivity index (χ1) is 9.49. The standard InChI is InChI=1S/C14H21N5O/c1-10-9-11(2)19(17-10)12(3)14(20)16-6-5-13-15-7-8-18(13)4/h7-9,12H,5-6H2,1-4H3,(H,16,20)/t12-/m0/s1. The Morgan fingerprint density at radius 3 is 2.75 bits per heavy atom. The van der Waals surface area contributed by atoms with E-state index in [1.54, 1.807) is 10.9 Å². The Balaban J connectivity index is 1.89. The van der Waals surface area contributed by atoms with E-state index in [9.17, 15) is 4.79 Å². The van der Waals surface area contributed by atoms with Crippen LogP contribution in [0.1, 0.15) is 30.2 Å². The van der Waals surface area contributed by atoms with E-state index in [0.29, 0.717) is 6.54 Å². The van der Waals surface area contributed by atoms with Gasteiger partial charge in [-0.3, -0.25) is 9.48 Å². The van der Waals surface area contributed by atoms with Gasteiger partial charge in [-0.2, -0.15) is 5.10 Å². The van der Waals surface area contributed by atoms with E-state index >= 15 is 0 Å². The summed E-state index contributed by atoms with van der Waals surface area (Å²) in [6.07, 6.45) is 4.38. The van der Waals surface area contributed by atoms with Crippen LogP contribution in [0, 0.1) is 13.8 Å². The second-order valence-electron chi connectivity index (χ2n) is 5.04. The van der Waals surface area contributed by atoms with Crippen LogP contribution >= 0.6 is 0 Å². The molecule has 0 saturated heterocycles. The van der Waals surface area contributed by atoms with E-state index in [1.807, 2.05) is 44.6 Å². The minimum Gasteiger partial charge on any atom is -0.354 e. The van der Waals surface area contributed by atoms with Crippen LogP contribution in [-0.4, -0.2) is 31.8 Å². The number of hydrogen-bond donors (Lipinski definition) is 1. The van der Waals surface area contributed by atoms with Crippen LogP contribution in [0.3, 0.4) is 0 Å². The molecule has 2 aromatic rings. The van der Waals surface area contributed by atoms with Gasteiger partial charge in [0.05, 0.1) is 5.69 Å². The Labute approximate surface area is 118 Å². The molecule has 2 aromatic heterocycles. The molecule has 2 rings (SSSR count). The molecule has 6 heteroatoms. The van der Waals surface area contributed by atoms with Gasteiger partial charge in [0.1, 0.15) is 11.9 Å². The molecule has 0 aromatic carbocycles. The van der Waals surface area contributed by atoms with E-state index in [2.05, 4.69) is 15.4 Å². The summed E-state index contributed by atoms with van der Waals surface area (Å²) in [5.74, 6) is 0.939. The molecular formula is C14H21N5O. The lowest BCUT2D eigenvalue weighted by atomic mass is 10.3. The summed E-state index contributed by atoms with van der Waals surface area (Å²) < 4.78 is 3.71. The molecule has 1 amide bonds. The third-order valence-electron chi connectivity index (χ3n) is 3.36. The lowest BCUT2D eigenvalue weighted by molar-refractivity contribution is -0.124. The first-order valence-electron chi connectivity index (χ1n) is 6.75. The van der Waals surface area contributed by atoms with Gasteiger partial charge in [-0.15, -0.1) is 0 Å². The predicted molar refractivity (Wildman–Crippen MR) is 76.3 cm³/mol. The number of nitrogens with one attached hydrogen (secondary N) is 1. The number of nitrogens with zero attached hydrogens (tertiary/aromatic N) is 4. The van der Waals surface area contributed by atoms with Crippen molar-refractivity contribution in [2.75, 3.05) is 6.54 Å². The van der Waals surface area contributed by atoms with Gasteiger partial charge < -0.3 is 9.88 Å². The number of carbonyl (C=O) groups excluding carboxylic acids is 1. The monoisotopic (exact) mass is 275 g/mol. The Kier molecular flexibility index (Phi) is 4.22. The molecule has 0 aliphatic rings. The first kappa shape index (κ1) is 14.3. The Morgan fingerprint density at radius 1 is 1.45 bits per heavy atom. The zero-order valence-corrected chi connectivity index (χ0v) is 12.4. The van der Waals surface area contributed by atoms with Crippen LogP contribution < -0.4 is 5.32 Å². The van der Waals surface area contributed by atoms with Gasteiger partial charge in [0.25, 0.3) is 0 Å². The average Bonchev–Trinajstić information content (AvgIpc) is 2.94. The third kappa shape index (κ3) is 3.07. The summed E-state index contributed by atoms with van der Waals surface area (Å²) in [6.45, 7) is 6.32. The fourth-order valence-corrected chi connectivity index (χ4v) is 2.23. The van der Waals surface area contributed by atoms with Crippen molar-refractivity contribution in [1.29, 1.82) is 0 Å². The molecule has 20 heavy (non-hydrogen) atoms. The molecule has 108 valence electrons. The van der Waals surface area contributed by atoms with Gasteiger partial charge in [0.2, 0.25) is 5.91 Å². The number of aromatic nitrogens is 4. The summed E-state index contributed by atoms with van der Waals surface area (Å²) in [4.78, 5) is 16.3. The van der Waals surface area contributed by atoms with Crippen LogP contribution in [0.25, 0.3) is 0 Å². The number of rotatable bonds is 5. The molecule has 1 atom stereocenters. The van der Waals surface area contributed by atoms with Crippen molar-refractivity contribution in [2.24, 2.45) is 7.05 Å². The second-order valence-corrected chi connectivity index (χ2v) is 5.04. The van der Waals surface area contributed by atoms with Gasteiger partial charge >= 0.3 is 0 Å². The van der Waals surface area contributed by atoms with Crippen molar-refractivity contribution in [1.82, 2.24) is 24.6 Å². The number of imidazole rings is 1. The molecule has 1 N–H and O–H groups in total. The van der Waals surface area contributed by atoms with Gasteiger partial charge in [-0.05, 0) is 26.8 Å². The zero-order chi connectivity index (χ0) is 14.7. The van der Waals surface area contributed by atoms with Crippen LogP contribution in [0.15, 0.2) is 18.5 Å². The largest absolute Gasteiger partial charge is 0.354 e. The molecule has 2 heterocycles. The van der Waals surface area contributed by atoms with Crippen LogP contribution in [0.2, 0.25) is 0 Å². The highest BCUT2D eigenvalue weighted by molar-refractivity contribution is 5.79. The minimum absolute atomic E-state index is 0.0228. The smallest absolute Gasteiger partial charge is 0.244 e. The van der Waals surface area contributed by atoms with E-state index in [0.717, 1.165) is 23.6 Å². The van der Waals surface area contributed by atoms with Gasteiger partial charge in [0, 0.05) is 38.1 Å².